The standard InChI is InChI=1S/C14H17NO3SSi/c1-20(2,3)18-9-10-7-8-13-14-11(10)5-4-6-12(14)15-19(13,16)17/h4-8,15H,9H2,1-3H3. The second-order valence-corrected chi connectivity index (χ2v) is 12.1. The summed E-state index contributed by atoms with van der Waals surface area (Å²) in [6.45, 7) is 6.94. The molecule has 1 N–H and O–H groups in total. The zero-order valence-corrected chi connectivity index (χ0v) is 13.5. The van der Waals surface area contributed by atoms with Crippen molar-refractivity contribution in [3.63, 3.8) is 0 Å². The van der Waals surface area contributed by atoms with Crippen molar-refractivity contribution in [2.75, 3.05) is 4.72 Å². The van der Waals surface area contributed by atoms with Gasteiger partial charge < -0.3 is 4.43 Å². The molecule has 0 fully saturated rings. The highest BCUT2D eigenvalue weighted by molar-refractivity contribution is 7.93. The molecule has 6 heteroatoms. The number of benzene rings is 2. The van der Waals surface area contributed by atoms with Crippen LogP contribution in [0, 0.1) is 0 Å². The molecule has 0 radical (unpaired) electrons. The molecule has 2 aromatic rings. The summed E-state index contributed by atoms with van der Waals surface area (Å²) in [4.78, 5) is 0.361. The van der Waals surface area contributed by atoms with Crippen molar-refractivity contribution < 1.29 is 12.8 Å². The molecule has 0 atom stereocenters. The Kier molecular flexibility index (Phi) is 2.93. The Morgan fingerprint density at radius 1 is 1.15 bits per heavy atom. The third-order valence-corrected chi connectivity index (χ3v) is 5.71. The maximum atomic E-state index is 12.0. The monoisotopic (exact) mass is 307 g/mol. The van der Waals surface area contributed by atoms with Gasteiger partial charge in [0.05, 0.1) is 17.2 Å². The molecule has 0 aromatic heterocycles. The maximum absolute atomic E-state index is 12.0. The van der Waals surface area contributed by atoms with E-state index in [-0.39, 0.29) is 0 Å². The first kappa shape index (κ1) is 13.6. The van der Waals surface area contributed by atoms with Crippen molar-refractivity contribution in [3.8, 4) is 0 Å². The van der Waals surface area contributed by atoms with Crippen LogP contribution in [0.25, 0.3) is 10.8 Å². The molecule has 1 aliphatic rings. The van der Waals surface area contributed by atoms with E-state index in [0.717, 1.165) is 16.3 Å². The van der Waals surface area contributed by atoms with E-state index in [1.807, 2.05) is 18.2 Å². The van der Waals surface area contributed by atoms with Gasteiger partial charge in [-0.2, -0.15) is 0 Å². The number of sulfonamides is 1. The zero-order valence-electron chi connectivity index (χ0n) is 11.7. The van der Waals surface area contributed by atoms with Crippen molar-refractivity contribution in [1.82, 2.24) is 0 Å². The normalized spacial score (nSPS) is 16.4. The van der Waals surface area contributed by atoms with Gasteiger partial charge in [-0.1, -0.05) is 18.2 Å². The Bertz CT molecular complexity index is 794. The molecular weight excluding hydrogens is 290 g/mol. The molecule has 1 aliphatic heterocycles. The first-order chi connectivity index (χ1) is 9.28. The molecule has 0 saturated carbocycles. The molecule has 4 nitrogen and oxygen atoms in total. The van der Waals surface area contributed by atoms with E-state index in [9.17, 15) is 8.42 Å². The van der Waals surface area contributed by atoms with E-state index in [1.54, 1.807) is 12.1 Å². The topological polar surface area (TPSA) is 55.4 Å². The lowest BCUT2D eigenvalue weighted by Gasteiger charge is -2.18. The lowest BCUT2D eigenvalue weighted by molar-refractivity contribution is 0.301. The van der Waals surface area contributed by atoms with E-state index < -0.39 is 18.3 Å². The smallest absolute Gasteiger partial charge is 0.262 e. The Morgan fingerprint density at radius 2 is 1.90 bits per heavy atom. The zero-order chi connectivity index (χ0) is 14.5. The van der Waals surface area contributed by atoms with Gasteiger partial charge in [-0.25, -0.2) is 8.42 Å². The van der Waals surface area contributed by atoms with Crippen LogP contribution < -0.4 is 4.72 Å². The van der Waals surface area contributed by atoms with Crippen molar-refractivity contribution in [2.45, 2.75) is 31.1 Å². The maximum Gasteiger partial charge on any atom is 0.262 e. The Balaban J connectivity index is 2.15. The quantitative estimate of drug-likeness (QED) is 0.885. The van der Waals surface area contributed by atoms with Gasteiger partial charge in [-0.05, 0) is 42.7 Å². The van der Waals surface area contributed by atoms with Crippen LogP contribution in [-0.2, 0) is 21.1 Å². The largest absolute Gasteiger partial charge is 0.413 e. The van der Waals surface area contributed by atoms with E-state index in [0.29, 0.717) is 17.2 Å². The number of rotatable bonds is 3. The molecule has 0 spiro atoms. The third kappa shape index (κ3) is 2.23. The summed E-state index contributed by atoms with van der Waals surface area (Å²) in [5.74, 6) is 0. The number of anilines is 1. The number of hydrogen-bond donors (Lipinski definition) is 1. The molecule has 106 valence electrons. The van der Waals surface area contributed by atoms with Crippen LogP contribution in [0.2, 0.25) is 19.6 Å². The second kappa shape index (κ2) is 4.31. The highest BCUT2D eigenvalue weighted by Gasteiger charge is 2.28. The van der Waals surface area contributed by atoms with Crippen LogP contribution in [0.1, 0.15) is 5.56 Å². The van der Waals surface area contributed by atoms with E-state index in [2.05, 4.69) is 24.4 Å². The molecule has 1 heterocycles. The lowest BCUT2D eigenvalue weighted by Crippen LogP contribution is -2.24. The number of nitrogens with one attached hydrogen (secondary N) is 1. The van der Waals surface area contributed by atoms with Crippen molar-refractivity contribution >= 4 is 34.8 Å². The van der Waals surface area contributed by atoms with Gasteiger partial charge in [0.25, 0.3) is 10.0 Å². The van der Waals surface area contributed by atoms with Gasteiger partial charge in [0, 0.05) is 5.39 Å². The highest BCUT2D eigenvalue weighted by atomic mass is 32.2. The van der Waals surface area contributed by atoms with E-state index in [1.165, 1.54) is 0 Å². The fourth-order valence-electron chi connectivity index (χ4n) is 2.36. The molecule has 0 bridgehead atoms. The summed E-state index contributed by atoms with van der Waals surface area (Å²) in [5.41, 5.74) is 1.69. The second-order valence-electron chi connectivity index (χ2n) is 5.96. The van der Waals surface area contributed by atoms with E-state index >= 15 is 0 Å². The number of hydrogen-bond acceptors (Lipinski definition) is 3. The van der Waals surface area contributed by atoms with Crippen molar-refractivity contribution in [2.24, 2.45) is 0 Å². The third-order valence-electron chi connectivity index (χ3n) is 3.29. The molecule has 20 heavy (non-hydrogen) atoms. The predicted octanol–water partition coefficient (Wildman–Crippen LogP) is 3.31. The average molecular weight is 307 g/mol. The van der Waals surface area contributed by atoms with Crippen LogP contribution in [0.5, 0.6) is 0 Å². The minimum absolute atomic E-state index is 0.361. The van der Waals surface area contributed by atoms with Gasteiger partial charge in [0.2, 0.25) is 0 Å². The van der Waals surface area contributed by atoms with Gasteiger partial charge >= 0.3 is 0 Å². The molecule has 0 saturated heterocycles. The fourth-order valence-corrected chi connectivity index (χ4v) is 4.26. The van der Waals surface area contributed by atoms with Gasteiger partial charge in [0.1, 0.15) is 0 Å². The minimum Gasteiger partial charge on any atom is -0.413 e. The summed E-state index contributed by atoms with van der Waals surface area (Å²) in [5, 5.41) is 1.73. The first-order valence-corrected chi connectivity index (χ1v) is 11.4. The van der Waals surface area contributed by atoms with Gasteiger partial charge in [-0.15, -0.1) is 0 Å². The molecule has 0 amide bonds. The van der Waals surface area contributed by atoms with Crippen LogP contribution in [0.15, 0.2) is 35.2 Å². The molecule has 0 unspecified atom stereocenters. The van der Waals surface area contributed by atoms with E-state index in [4.69, 9.17) is 4.43 Å². The first-order valence-electron chi connectivity index (χ1n) is 6.49. The summed E-state index contributed by atoms with van der Waals surface area (Å²) < 4.78 is 32.6. The summed E-state index contributed by atoms with van der Waals surface area (Å²) in [6, 6.07) is 9.14. The Hall–Kier alpha value is -1.37. The van der Waals surface area contributed by atoms with Crippen molar-refractivity contribution in [1.29, 1.82) is 0 Å². The van der Waals surface area contributed by atoms with Gasteiger partial charge in [0.15, 0.2) is 8.32 Å². The predicted molar refractivity (Wildman–Crippen MR) is 82.9 cm³/mol. The fraction of sp³-hybridized carbons (Fsp3) is 0.286. The summed E-state index contributed by atoms with van der Waals surface area (Å²) in [6.07, 6.45) is 0. The average Bonchev–Trinajstić information content (AvgIpc) is 2.60. The van der Waals surface area contributed by atoms with Gasteiger partial charge in [-0.3, -0.25) is 4.72 Å². The highest BCUT2D eigenvalue weighted by Crippen LogP contribution is 2.38. The Morgan fingerprint density at radius 3 is 2.60 bits per heavy atom. The summed E-state index contributed by atoms with van der Waals surface area (Å²) in [7, 11) is -5.00. The van der Waals surface area contributed by atoms with Crippen LogP contribution >= 0.6 is 0 Å². The SMILES string of the molecule is C[Si](C)(C)OCc1ccc2c3c(cccc13)NS2(=O)=O. The van der Waals surface area contributed by atoms with Crippen LogP contribution in [0.3, 0.4) is 0 Å². The minimum atomic E-state index is -3.40. The molecular formula is C14H17NO3SSi. The molecule has 3 rings (SSSR count). The summed E-state index contributed by atoms with van der Waals surface area (Å²) >= 11 is 0. The van der Waals surface area contributed by atoms with Crippen LogP contribution in [0.4, 0.5) is 5.69 Å². The molecule has 0 aliphatic carbocycles. The Labute approximate surface area is 119 Å². The van der Waals surface area contributed by atoms with Crippen molar-refractivity contribution in [3.05, 3.63) is 35.9 Å². The lowest BCUT2D eigenvalue weighted by atomic mass is 10.0. The molecule has 2 aromatic carbocycles. The van der Waals surface area contributed by atoms with Crippen LogP contribution in [-0.4, -0.2) is 16.7 Å².